The van der Waals surface area contributed by atoms with Crippen LogP contribution in [0, 0.1) is 23.6 Å². The number of phenolic OH excluding ortho intramolecular Hbond substituents is 1. The van der Waals surface area contributed by atoms with Crippen LogP contribution in [0.4, 0.5) is 4.39 Å². The van der Waals surface area contributed by atoms with Gasteiger partial charge in [0.15, 0.2) is 11.6 Å². The van der Waals surface area contributed by atoms with Crippen LogP contribution in [-0.4, -0.2) is 60.8 Å². The second kappa shape index (κ2) is 13.2. The lowest BCUT2D eigenvalue weighted by Crippen LogP contribution is -2.43. The zero-order valence-electron chi connectivity index (χ0n) is 24.3. The number of methoxy groups -OCH3 is 1. The summed E-state index contributed by atoms with van der Waals surface area (Å²) in [6.07, 6.45) is 12.1. The number of ether oxygens (including phenoxy) is 2. The third-order valence-electron chi connectivity index (χ3n) is 9.20. The maximum absolute atomic E-state index is 15.1. The van der Waals surface area contributed by atoms with Crippen molar-refractivity contribution in [2.75, 3.05) is 39.9 Å². The maximum Gasteiger partial charge on any atom is 0.165 e. The Labute approximate surface area is 239 Å². The number of benzene rings is 2. The molecule has 0 saturated carbocycles. The van der Waals surface area contributed by atoms with Crippen LogP contribution in [0.2, 0.25) is 0 Å². The van der Waals surface area contributed by atoms with E-state index in [1.807, 2.05) is 12.1 Å². The Morgan fingerprint density at radius 1 is 1.07 bits per heavy atom. The van der Waals surface area contributed by atoms with E-state index in [0.29, 0.717) is 36.5 Å². The van der Waals surface area contributed by atoms with Crippen molar-refractivity contribution >= 4 is 0 Å². The molecule has 3 atom stereocenters. The van der Waals surface area contributed by atoms with Gasteiger partial charge in [-0.3, -0.25) is 9.80 Å². The number of fused-ring (bicyclic) bond motifs is 1. The van der Waals surface area contributed by atoms with Crippen LogP contribution in [0.5, 0.6) is 11.5 Å². The van der Waals surface area contributed by atoms with Gasteiger partial charge in [0.25, 0.3) is 0 Å². The summed E-state index contributed by atoms with van der Waals surface area (Å²) in [5, 5.41) is 9.91. The quantitative estimate of drug-likeness (QED) is 0.375. The molecule has 0 bridgehead atoms. The van der Waals surface area contributed by atoms with Crippen molar-refractivity contribution in [1.82, 2.24) is 9.80 Å². The van der Waals surface area contributed by atoms with Crippen LogP contribution in [0.15, 0.2) is 60.4 Å². The number of likely N-dealkylation sites (N-methyl/N-ethyl adjacent to an activating group) is 1. The third-order valence-corrected chi connectivity index (χ3v) is 9.20. The molecule has 2 unspecified atom stereocenters. The van der Waals surface area contributed by atoms with Gasteiger partial charge in [-0.15, -0.1) is 0 Å². The predicted molar refractivity (Wildman–Crippen MR) is 158 cm³/mol. The minimum atomic E-state index is -0.291. The van der Waals surface area contributed by atoms with Gasteiger partial charge in [-0.05, 0) is 123 Å². The van der Waals surface area contributed by atoms with Crippen molar-refractivity contribution in [3.63, 3.8) is 0 Å². The van der Waals surface area contributed by atoms with Crippen LogP contribution in [0.1, 0.15) is 49.8 Å². The van der Waals surface area contributed by atoms with Crippen molar-refractivity contribution in [2.24, 2.45) is 17.8 Å². The van der Waals surface area contributed by atoms with Gasteiger partial charge in [-0.2, -0.15) is 0 Å². The zero-order chi connectivity index (χ0) is 28.1. The van der Waals surface area contributed by atoms with Crippen molar-refractivity contribution in [2.45, 2.75) is 58.5 Å². The highest BCUT2D eigenvalue weighted by molar-refractivity contribution is 5.37. The van der Waals surface area contributed by atoms with E-state index in [9.17, 15) is 5.11 Å². The molecule has 1 heterocycles. The second-order valence-corrected chi connectivity index (χ2v) is 11.9. The number of likely N-dealkylation sites (tertiary alicyclic amines) is 1. The van der Waals surface area contributed by atoms with Gasteiger partial charge >= 0.3 is 0 Å². The van der Waals surface area contributed by atoms with E-state index in [4.69, 9.17) is 9.47 Å². The second-order valence-electron chi connectivity index (χ2n) is 11.9. The van der Waals surface area contributed by atoms with Gasteiger partial charge in [-0.1, -0.05) is 32.1 Å². The molecule has 1 aliphatic heterocycles. The van der Waals surface area contributed by atoms with Crippen LogP contribution in [0.25, 0.3) is 0 Å². The summed E-state index contributed by atoms with van der Waals surface area (Å²) >= 11 is 0. The first kappa shape index (κ1) is 28.7. The van der Waals surface area contributed by atoms with Crippen LogP contribution >= 0.6 is 0 Å². The molecule has 0 radical (unpaired) electrons. The van der Waals surface area contributed by atoms with Crippen LogP contribution in [-0.2, 0) is 24.1 Å². The fourth-order valence-corrected chi connectivity index (χ4v) is 6.67. The monoisotopic (exact) mass is 548 g/mol. The lowest BCUT2D eigenvalue weighted by Gasteiger charge is -2.41. The molecule has 40 heavy (non-hydrogen) atoms. The number of piperidine rings is 1. The average Bonchev–Trinajstić information content (AvgIpc) is 2.97. The van der Waals surface area contributed by atoms with Gasteiger partial charge in [0.05, 0.1) is 7.11 Å². The molecule has 216 valence electrons. The van der Waals surface area contributed by atoms with E-state index in [0.717, 1.165) is 62.7 Å². The van der Waals surface area contributed by atoms with Gasteiger partial charge in [0, 0.05) is 19.1 Å². The molecule has 5 nitrogen and oxygen atoms in total. The first-order valence-electron chi connectivity index (χ1n) is 15.1. The predicted octanol–water partition coefficient (Wildman–Crippen LogP) is 6.35. The molecule has 1 N–H and O–H groups in total. The Morgan fingerprint density at radius 3 is 2.65 bits per heavy atom. The summed E-state index contributed by atoms with van der Waals surface area (Å²) < 4.78 is 26.6. The number of allylic oxidation sites excluding steroid dienone is 1. The molecule has 1 saturated heterocycles. The van der Waals surface area contributed by atoms with Crippen molar-refractivity contribution in [3.8, 4) is 11.5 Å². The Bertz CT molecular complexity index is 1200. The third kappa shape index (κ3) is 6.90. The summed E-state index contributed by atoms with van der Waals surface area (Å²) in [6.45, 7) is 9.53. The van der Waals surface area contributed by atoms with Crippen molar-refractivity contribution in [1.29, 1.82) is 0 Å². The minimum absolute atomic E-state index is 0.153. The molecule has 0 aromatic heterocycles. The normalized spacial score (nSPS) is 23.6. The van der Waals surface area contributed by atoms with E-state index in [-0.39, 0.29) is 11.9 Å². The van der Waals surface area contributed by atoms with E-state index in [2.05, 4.69) is 47.9 Å². The number of aryl methyl sites for hydroxylation is 1. The first-order valence-corrected chi connectivity index (χ1v) is 15.1. The maximum atomic E-state index is 15.1. The molecule has 2 aromatic rings. The molecule has 0 spiro atoms. The molecule has 2 aromatic carbocycles. The SMILES string of the molecule is CCN(Cc1ccc(OCCN2CCC(C)CC2)c(F)c1)C1C=C(OC)C=CC1[C@@H]1CCc2cc(O)ccc2C1. The summed E-state index contributed by atoms with van der Waals surface area (Å²) in [7, 11) is 1.72. The topological polar surface area (TPSA) is 45.2 Å². The molecule has 2 aliphatic carbocycles. The summed E-state index contributed by atoms with van der Waals surface area (Å²) in [4.78, 5) is 4.84. The number of halogens is 1. The lowest BCUT2D eigenvalue weighted by atomic mass is 9.72. The first-order chi connectivity index (χ1) is 19.4. The van der Waals surface area contributed by atoms with Crippen molar-refractivity contribution in [3.05, 3.63) is 82.9 Å². The minimum Gasteiger partial charge on any atom is -0.508 e. The number of nitrogens with zero attached hydrogens (tertiary/aromatic N) is 2. The molecule has 3 aliphatic rings. The highest BCUT2D eigenvalue weighted by Gasteiger charge is 2.34. The molecule has 1 fully saturated rings. The smallest absolute Gasteiger partial charge is 0.165 e. The highest BCUT2D eigenvalue weighted by Crippen LogP contribution is 2.38. The number of phenols is 1. The Kier molecular flexibility index (Phi) is 9.48. The molecule has 0 amide bonds. The average molecular weight is 549 g/mol. The Hall–Kier alpha value is -2.83. The van der Waals surface area contributed by atoms with Gasteiger partial charge < -0.3 is 14.6 Å². The molecule has 6 heteroatoms. The lowest BCUT2D eigenvalue weighted by molar-refractivity contribution is 0.147. The van der Waals surface area contributed by atoms with E-state index < -0.39 is 0 Å². The summed E-state index contributed by atoms with van der Waals surface area (Å²) in [5.41, 5.74) is 3.54. The van der Waals surface area contributed by atoms with Gasteiger partial charge in [0.2, 0.25) is 0 Å². The van der Waals surface area contributed by atoms with E-state index in [1.165, 1.54) is 24.0 Å². The highest BCUT2D eigenvalue weighted by atomic mass is 19.1. The number of hydrogen-bond acceptors (Lipinski definition) is 5. The zero-order valence-corrected chi connectivity index (χ0v) is 24.3. The van der Waals surface area contributed by atoms with Gasteiger partial charge in [0.1, 0.15) is 18.1 Å². The molecular weight excluding hydrogens is 503 g/mol. The van der Waals surface area contributed by atoms with E-state index >= 15 is 4.39 Å². The largest absolute Gasteiger partial charge is 0.508 e. The number of aromatic hydroxyl groups is 1. The number of hydrogen-bond donors (Lipinski definition) is 1. The molecular formula is C34H45FN2O3. The Balaban J connectivity index is 1.24. The number of rotatable bonds is 10. The fraction of sp³-hybridized carbons (Fsp3) is 0.529. The van der Waals surface area contributed by atoms with Crippen LogP contribution in [0.3, 0.4) is 0 Å². The standard InChI is InChI=1S/C34H45FN2O3/c1-4-37(23-25-5-12-34(32(35)19-25)40-18-17-36-15-13-24(2)14-16-36)33-22-30(39-3)10-11-31(33)28-7-6-27-21-29(38)9-8-26(27)20-28/h5,8-12,19,21-22,24,28,31,33,38H,4,6-7,13-18,20,23H2,1-3H3/t28-,31?,33?/m1/s1. The fourth-order valence-electron chi connectivity index (χ4n) is 6.67. The van der Waals surface area contributed by atoms with Crippen LogP contribution < -0.4 is 4.74 Å². The molecule has 5 rings (SSSR count). The summed E-state index contributed by atoms with van der Waals surface area (Å²) in [5.74, 6) is 2.88. The van der Waals surface area contributed by atoms with Gasteiger partial charge in [-0.25, -0.2) is 4.39 Å². The Morgan fingerprint density at radius 2 is 1.90 bits per heavy atom. The summed E-state index contributed by atoms with van der Waals surface area (Å²) in [6, 6.07) is 11.4. The van der Waals surface area contributed by atoms with E-state index in [1.54, 1.807) is 25.3 Å². The van der Waals surface area contributed by atoms with Crippen molar-refractivity contribution < 1.29 is 19.0 Å².